The van der Waals surface area contributed by atoms with Crippen molar-refractivity contribution in [2.24, 2.45) is 5.73 Å². The molecule has 0 saturated heterocycles. The molecular formula is C10H19BrN4O. The Hall–Kier alpha value is -0.430. The van der Waals surface area contributed by atoms with Crippen LogP contribution in [0.3, 0.4) is 0 Å². The minimum atomic E-state index is -0.149. The van der Waals surface area contributed by atoms with Gasteiger partial charge in [-0.2, -0.15) is 5.10 Å². The smallest absolute Gasteiger partial charge is 0.0717 e. The van der Waals surface area contributed by atoms with Gasteiger partial charge in [0.25, 0.3) is 0 Å². The zero-order valence-corrected chi connectivity index (χ0v) is 11.6. The molecule has 1 atom stereocenters. The summed E-state index contributed by atoms with van der Waals surface area (Å²) in [5.41, 5.74) is 7.02. The highest BCUT2D eigenvalue weighted by molar-refractivity contribution is 9.10. The molecule has 0 aliphatic carbocycles. The summed E-state index contributed by atoms with van der Waals surface area (Å²) in [6.07, 6.45) is 1.78. The lowest BCUT2D eigenvalue weighted by molar-refractivity contribution is 0.177. The minimum Gasteiger partial charge on any atom is -0.383 e. The number of nitrogens with two attached hydrogens (primary N) is 1. The van der Waals surface area contributed by atoms with E-state index in [2.05, 4.69) is 25.9 Å². The Bertz CT molecular complexity index is 327. The third kappa shape index (κ3) is 3.55. The maximum Gasteiger partial charge on any atom is 0.0717 e. The number of nitrogens with zero attached hydrogens (tertiary/aromatic N) is 3. The molecule has 2 N–H and O–H groups in total. The van der Waals surface area contributed by atoms with Crippen molar-refractivity contribution in [3.8, 4) is 0 Å². The largest absolute Gasteiger partial charge is 0.383 e. The average Bonchev–Trinajstić information content (AvgIpc) is 2.57. The molecule has 5 nitrogen and oxygen atoms in total. The van der Waals surface area contributed by atoms with Gasteiger partial charge in [-0.15, -0.1) is 0 Å². The topological polar surface area (TPSA) is 56.3 Å². The van der Waals surface area contributed by atoms with E-state index in [9.17, 15) is 0 Å². The van der Waals surface area contributed by atoms with Crippen molar-refractivity contribution >= 4 is 15.9 Å². The van der Waals surface area contributed by atoms with E-state index < -0.39 is 0 Å². The normalized spacial score (nSPS) is 13.4. The van der Waals surface area contributed by atoms with Crippen molar-refractivity contribution in [3.05, 3.63) is 16.4 Å². The molecule has 0 radical (unpaired) electrons. The van der Waals surface area contributed by atoms with Crippen LogP contribution in [0.2, 0.25) is 0 Å². The summed E-state index contributed by atoms with van der Waals surface area (Å²) in [4.78, 5) is 2.11. The predicted molar refractivity (Wildman–Crippen MR) is 67.3 cm³/mol. The number of aromatic nitrogens is 2. The lowest BCUT2D eigenvalue weighted by Crippen LogP contribution is -2.25. The lowest BCUT2D eigenvalue weighted by atomic mass is 10.2. The highest BCUT2D eigenvalue weighted by Crippen LogP contribution is 2.21. The third-order valence-corrected chi connectivity index (χ3v) is 2.90. The molecule has 0 saturated carbocycles. The van der Waals surface area contributed by atoms with E-state index in [0.29, 0.717) is 6.61 Å². The maximum atomic E-state index is 6.03. The van der Waals surface area contributed by atoms with Crippen molar-refractivity contribution in [3.63, 3.8) is 0 Å². The Labute approximate surface area is 105 Å². The molecule has 6 heteroatoms. The Morgan fingerprint density at radius 1 is 1.62 bits per heavy atom. The Morgan fingerprint density at radius 3 is 2.88 bits per heavy atom. The first-order valence-corrected chi connectivity index (χ1v) is 5.96. The number of hydrogen-bond acceptors (Lipinski definition) is 4. The van der Waals surface area contributed by atoms with E-state index in [1.807, 2.05) is 18.8 Å². The highest BCUT2D eigenvalue weighted by atomic mass is 79.9. The van der Waals surface area contributed by atoms with Crippen LogP contribution in [-0.4, -0.2) is 49.0 Å². The van der Waals surface area contributed by atoms with E-state index in [4.69, 9.17) is 10.5 Å². The second-order valence-electron chi connectivity index (χ2n) is 3.97. The van der Waals surface area contributed by atoms with Crippen LogP contribution in [0, 0.1) is 0 Å². The molecule has 1 heterocycles. The van der Waals surface area contributed by atoms with Crippen LogP contribution < -0.4 is 5.73 Å². The number of ether oxygens (including phenoxy) is 1. The molecular weight excluding hydrogens is 272 g/mol. The Balaban J connectivity index is 2.76. The van der Waals surface area contributed by atoms with Crippen LogP contribution in [0.5, 0.6) is 0 Å². The van der Waals surface area contributed by atoms with Gasteiger partial charge in [0.1, 0.15) is 0 Å². The van der Waals surface area contributed by atoms with Crippen LogP contribution in [0.1, 0.15) is 11.7 Å². The quantitative estimate of drug-likeness (QED) is 0.844. The maximum absolute atomic E-state index is 6.03. The molecule has 1 unspecified atom stereocenters. The van der Waals surface area contributed by atoms with Gasteiger partial charge >= 0.3 is 0 Å². The van der Waals surface area contributed by atoms with E-state index in [-0.39, 0.29) is 6.04 Å². The molecule has 1 rings (SSSR count). The van der Waals surface area contributed by atoms with Crippen molar-refractivity contribution < 1.29 is 4.74 Å². The summed E-state index contributed by atoms with van der Waals surface area (Å²) in [5, 5.41) is 4.30. The summed E-state index contributed by atoms with van der Waals surface area (Å²) >= 11 is 3.46. The molecule has 0 bridgehead atoms. The second-order valence-corrected chi connectivity index (χ2v) is 4.82. The monoisotopic (exact) mass is 290 g/mol. The predicted octanol–water partition coefficient (Wildman–Crippen LogP) is 0.853. The first-order valence-electron chi connectivity index (χ1n) is 5.16. The van der Waals surface area contributed by atoms with E-state index in [1.54, 1.807) is 13.3 Å². The molecule has 1 aromatic heterocycles. The fourth-order valence-electron chi connectivity index (χ4n) is 1.47. The SMILES string of the molecule is COCC(N)c1c(Br)cnn1CCN(C)C. The van der Waals surface area contributed by atoms with E-state index in [1.165, 1.54) is 0 Å². The Morgan fingerprint density at radius 2 is 2.31 bits per heavy atom. The van der Waals surface area contributed by atoms with Gasteiger partial charge in [0, 0.05) is 13.7 Å². The third-order valence-electron chi connectivity index (χ3n) is 2.29. The summed E-state index contributed by atoms with van der Waals surface area (Å²) < 4.78 is 7.93. The minimum absolute atomic E-state index is 0.149. The highest BCUT2D eigenvalue weighted by Gasteiger charge is 2.16. The van der Waals surface area contributed by atoms with Crippen molar-refractivity contribution in [2.45, 2.75) is 12.6 Å². The zero-order chi connectivity index (χ0) is 12.1. The second kappa shape index (κ2) is 6.34. The van der Waals surface area contributed by atoms with Gasteiger partial charge in [-0.3, -0.25) is 4.68 Å². The van der Waals surface area contributed by atoms with Gasteiger partial charge in [-0.1, -0.05) is 0 Å². The molecule has 0 fully saturated rings. The summed E-state index contributed by atoms with van der Waals surface area (Å²) in [7, 11) is 5.72. The van der Waals surface area contributed by atoms with E-state index in [0.717, 1.165) is 23.3 Å². The summed E-state index contributed by atoms with van der Waals surface area (Å²) in [5.74, 6) is 0. The molecule has 0 spiro atoms. The number of methoxy groups -OCH3 is 1. The standard InChI is InChI=1S/C10H19BrN4O/c1-14(2)4-5-15-10(8(11)6-13-15)9(12)7-16-3/h6,9H,4-5,7,12H2,1-3H3. The fourth-order valence-corrected chi connectivity index (χ4v) is 2.06. The number of likely N-dealkylation sites (N-methyl/N-ethyl adjacent to an activating group) is 1. The van der Waals surface area contributed by atoms with Crippen molar-refractivity contribution in [2.75, 3.05) is 34.4 Å². The van der Waals surface area contributed by atoms with Gasteiger partial charge in [0.15, 0.2) is 0 Å². The molecule has 0 amide bonds. The lowest BCUT2D eigenvalue weighted by Gasteiger charge is -2.16. The molecule has 1 aromatic rings. The molecule has 92 valence electrons. The molecule has 0 aliphatic rings. The van der Waals surface area contributed by atoms with Crippen molar-refractivity contribution in [1.29, 1.82) is 0 Å². The van der Waals surface area contributed by atoms with Gasteiger partial charge in [0.2, 0.25) is 0 Å². The number of hydrogen-bond donors (Lipinski definition) is 1. The van der Waals surface area contributed by atoms with E-state index >= 15 is 0 Å². The van der Waals surface area contributed by atoms with Crippen LogP contribution in [0.25, 0.3) is 0 Å². The number of halogens is 1. The van der Waals surface area contributed by atoms with Gasteiger partial charge in [-0.25, -0.2) is 0 Å². The van der Waals surface area contributed by atoms with Gasteiger partial charge in [0.05, 0.1) is 35.6 Å². The zero-order valence-electron chi connectivity index (χ0n) is 9.98. The first kappa shape index (κ1) is 13.6. The Kier molecular flexibility index (Phi) is 5.40. The molecule has 0 aliphatic heterocycles. The van der Waals surface area contributed by atoms with Crippen molar-refractivity contribution in [1.82, 2.24) is 14.7 Å². The van der Waals surface area contributed by atoms with Crippen LogP contribution in [0.4, 0.5) is 0 Å². The average molecular weight is 291 g/mol. The first-order chi connectivity index (χ1) is 7.56. The van der Waals surface area contributed by atoms with Crippen LogP contribution in [0.15, 0.2) is 10.7 Å². The summed E-state index contributed by atoms with van der Waals surface area (Å²) in [6.45, 7) is 2.25. The van der Waals surface area contributed by atoms with Crippen LogP contribution in [-0.2, 0) is 11.3 Å². The van der Waals surface area contributed by atoms with Gasteiger partial charge < -0.3 is 15.4 Å². The van der Waals surface area contributed by atoms with Gasteiger partial charge in [-0.05, 0) is 30.0 Å². The number of rotatable bonds is 6. The molecule has 0 aromatic carbocycles. The fraction of sp³-hybridized carbons (Fsp3) is 0.700. The molecule has 16 heavy (non-hydrogen) atoms. The summed E-state index contributed by atoms with van der Waals surface area (Å²) in [6, 6.07) is -0.149. The van der Waals surface area contributed by atoms with Crippen LogP contribution >= 0.6 is 15.9 Å².